The Balaban J connectivity index is 1.38. The molecule has 7 nitrogen and oxygen atoms in total. The van der Waals surface area contributed by atoms with E-state index in [1.54, 1.807) is 6.26 Å². The first-order chi connectivity index (χ1) is 14.4. The van der Waals surface area contributed by atoms with E-state index < -0.39 is 0 Å². The van der Waals surface area contributed by atoms with Crippen molar-refractivity contribution in [3.05, 3.63) is 52.8 Å². The first-order valence-corrected chi connectivity index (χ1v) is 11.2. The Hall–Kier alpha value is -2.91. The van der Waals surface area contributed by atoms with Crippen LogP contribution in [0.25, 0.3) is 22.6 Å². The van der Waals surface area contributed by atoms with Crippen LogP contribution in [0.3, 0.4) is 0 Å². The molecule has 0 saturated heterocycles. The normalized spacial score (nSPS) is 11.1. The van der Waals surface area contributed by atoms with Gasteiger partial charge in [-0.25, -0.2) is 4.98 Å². The molecule has 1 aromatic carbocycles. The molecule has 1 N–H and O–H groups in total. The number of carbonyl (C=O) groups is 1. The van der Waals surface area contributed by atoms with Gasteiger partial charge in [0.2, 0.25) is 5.91 Å². The van der Waals surface area contributed by atoms with Gasteiger partial charge in [-0.05, 0) is 44.0 Å². The van der Waals surface area contributed by atoms with Gasteiger partial charge in [-0.1, -0.05) is 23.9 Å². The number of hydrogen-bond acceptors (Lipinski definition) is 7. The van der Waals surface area contributed by atoms with E-state index in [1.807, 2.05) is 36.1 Å². The lowest BCUT2D eigenvalue weighted by Gasteiger charge is -2.04. The van der Waals surface area contributed by atoms with Crippen LogP contribution in [0.2, 0.25) is 0 Å². The number of anilines is 1. The maximum atomic E-state index is 12.4. The number of aryl methyl sites for hydroxylation is 3. The number of aromatic nitrogens is 4. The molecule has 0 spiro atoms. The van der Waals surface area contributed by atoms with Crippen LogP contribution in [0.4, 0.5) is 5.13 Å². The monoisotopic (exact) mass is 439 g/mol. The second kappa shape index (κ2) is 8.45. The summed E-state index contributed by atoms with van der Waals surface area (Å²) in [6, 6.07) is 8.10. The van der Waals surface area contributed by atoms with Crippen molar-refractivity contribution in [2.24, 2.45) is 7.05 Å². The maximum absolute atomic E-state index is 12.4. The van der Waals surface area contributed by atoms with Gasteiger partial charge in [-0.15, -0.1) is 21.5 Å². The van der Waals surface area contributed by atoms with Crippen LogP contribution >= 0.6 is 23.1 Å². The lowest BCUT2D eigenvalue weighted by Crippen LogP contribution is -2.14. The number of nitrogens with zero attached hydrogens (tertiary/aromatic N) is 4. The standard InChI is InChI=1S/C21H21N5O2S2/c1-12-5-6-15(9-13(12)2)17-10-29-20(22-17)23-18(27)11-30-21-25-24-19(26(21)4)16-7-8-28-14(16)3/h5-10H,11H2,1-4H3,(H,22,23,27). The van der Waals surface area contributed by atoms with Crippen LogP contribution in [-0.2, 0) is 11.8 Å². The van der Waals surface area contributed by atoms with Gasteiger partial charge in [-0.3, -0.25) is 4.79 Å². The molecule has 0 atom stereocenters. The van der Waals surface area contributed by atoms with Crippen molar-refractivity contribution >= 4 is 34.1 Å². The molecule has 1 amide bonds. The number of rotatable bonds is 6. The first-order valence-electron chi connectivity index (χ1n) is 9.32. The summed E-state index contributed by atoms with van der Waals surface area (Å²) in [4.78, 5) is 16.9. The highest BCUT2D eigenvalue weighted by Gasteiger charge is 2.16. The Morgan fingerprint density at radius 2 is 2.03 bits per heavy atom. The molecule has 0 aliphatic carbocycles. The van der Waals surface area contributed by atoms with Gasteiger partial charge in [0.05, 0.1) is 23.3 Å². The van der Waals surface area contributed by atoms with Crippen LogP contribution in [0.15, 0.2) is 45.5 Å². The Morgan fingerprint density at radius 3 is 2.77 bits per heavy atom. The van der Waals surface area contributed by atoms with Crippen LogP contribution in [-0.4, -0.2) is 31.4 Å². The average molecular weight is 440 g/mol. The second-order valence-corrected chi connectivity index (χ2v) is 8.73. The number of amides is 1. The van der Waals surface area contributed by atoms with Gasteiger partial charge in [0, 0.05) is 18.0 Å². The molecule has 3 aromatic heterocycles. The summed E-state index contributed by atoms with van der Waals surface area (Å²) in [5, 5.41) is 14.5. The summed E-state index contributed by atoms with van der Waals surface area (Å²) >= 11 is 2.74. The lowest BCUT2D eigenvalue weighted by molar-refractivity contribution is -0.113. The molecular weight excluding hydrogens is 418 g/mol. The number of thiazole rings is 1. The number of furan rings is 1. The van der Waals surface area contributed by atoms with Gasteiger partial charge < -0.3 is 14.3 Å². The molecule has 154 valence electrons. The van der Waals surface area contributed by atoms with Crippen LogP contribution in [0.1, 0.15) is 16.9 Å². The molecule has 9 heteroatoms. The zero-order valence-corrected chi connectivity index (χ0v) is 18.7. The molecule has 0 fully saturated rings. The van der Waals surface area contributed by atoms with E-state index >= 15 is 0 Å². The summed E-state index contributed by atoms with van der Waals surface area (Å²) in [6.07, 6.45) is 1.62. The van der Waals surface area contributed by atoms with Crippen LogP contribution in [0.5, 0.6) is 0 Å². The molecule has 3 heterocycles. The topological polar surface area (TPSA) is 85.8 Å². The molecule has 4 rings (SSSR count). The van der Waals surface area contributed by atoms with Gasteiger partial charge in [-0.2, -0.15) is 0 Å². The minimum atomic E-state index is -0.134. The van der Waals surface area contributed by atoms with Crippen molar-refractivity contribution in [1.82, 2.24) is 19.7 Å². The largest absolute Gasteiger partial charge is 0.469 e. The summed E-state index contributed by atoms with van der Waals surface area (Å²) in [6.45, 7) is 6.04. The number of hydrogen-bond donors (Lipinski definition) is 1. The van der Waals surface area contributed by atoms with Gasteiger partial charge in [0.15, 0.2) is 16.1 Å². The van der Waals surface area contributed by atoms with E-state index in [0.717, 1.165) is 22.6 Å². The lowest BCUT2D eigenvalue weighted by atomic mass is 10.1. The highest BCUT2D eigenvalue weighted by atomic mass is 32.2. The molecule has 0 saturated carbocycles. The van der Waals surface area contributed by atoms with E-state index in [-0.39, 0.29) is 11.7 Å². The second-order valence-electron chi connectivity index (χ2n) is 6.93. The Bertz CT molecular complexity index is 1210. The SMILES string of the molecule is Cc1ccc(-c2csc(NC(=O)CSc3nnc(-c4ccoc4C)n3C)n2)cc1C. The molecule has 30 heavy (non-hydrogen) atoms. The van der Waals surface area contributed by atoms with E-state index in [1.165, 1.54) is 34.2 Å². The van der Waals surface area contributed by atoms with Crippen molar-refractivity contribution in [3.63, 3.8) is 0 Å². The van der Waals surface area contributed by atoms with E-state index in [4.69, 9.17) is 4.42 Å². The molecule has 0 radical (unpaired) electrons. The summed E-state index contributed by atoms with van der Waals surface area (Å²) in [5.74, 6) is 1.57. The van der Waals surface area contributed by atoms with Gasteiger partial charge >= 0.3 is 0 Å². The van der Waals surface area contributed by atoms with Crippen molar-refractivity contribution in [2.45, 2.75) is 25.9 Å². The smallest absolute Gasteiger partial charge is 0.236 e. The van der Waals surface area contributed by atoms with Crippen molar-refractivity contribution in [2.75, 3.05) is 11.1 Å². The fraction of sp³-hybridized carbons (Fsp3) is 0.238. The predicted octanol–water partition coefficient (Wildman–Crippen LogP) is 4.85. The fourth-order valence-electron chi connectivity index (χ4n) is 2.94. The molecule has 0 aliphatic heterocycles. The summed E-state index contributed by atoms with van der Waals surface area (Å²) in [5.41, 5.74) is 5.26. The summed E-state index contributed by atoms with van der Waals surface area (Å²) in [7, 11) is 1.87. The zero-order chi connectivity index (χ0) is 21.3. The summed E-state index contributed by atoms with van der Waals surface area (Å²) < 4.78 is 7.19. The van der Waals surface area contributed by atoms with Crippen molar-refractivity contribution < 1.29 is 9.21 Å². The third-order valence-corrected chi connectivity index (χ3v) is 6.60. The van der Waals surface area contributed by atoms with E-state index in [2.05, 4.69) is 46.5 Å². The van der Waals surface area contributed by atoms with Crippen LogP contribution in [0, 0.1) is 20.8 Å². The molecule has 0 unspecified atom stereocenters. The predicted molar refractivity (Wildman–Crippen MR) is 120 cm³/mol. The quantitative estimate of drug-likeness (QED) is 0.432. The zero-order valence-electron chi connectivity index (χ0n) is 17.1. The molecular formula is C21H21N5O2S2. The number of carbonyl (C=O) groups excluding carboxylic acids is 1. The van der Waals surface area contributed by atoms with Crippen LogP contribution < -0.4 is 5.32 Å². The maximum Gasteiger partial charge on any atom is 0.236 e. The van der Waals surface area contributed by atoms with Crippen molar-refractivity contribution in [3.8, 4) is 22.6 Å². The minimum absolute atomic E-state index is 0.134. The number of nitrogens with one attached hydrogen (secondary N) is 1. The number of benzene rings is 1. The Labute approximate surface area is 182 Å². The van der Waals surface area contributed by atoms with E-state index in [9.17, 15) is 4.79 Å². The average Bonchev–Trinajstić information content (AvgIpc) is 3.43. The first kappa shape index (κ1) is 20.4. The molecule has 0 bridgehead atoms. The third kappa shape index (κ3) is 4.17. The molecule has 0 aliphatic rings. The van der Waals surface area contributed by atoms with Gasteiger partial charge in [0.1, 0.15) is 5.76 Å². The minimum Gasteiger partial charge on any atom is -0.469 e. The highest BCUT2D eigenvalue weighted by Crippen LogP contribution is 2.28. The molecule has 4 aromatic rings. The van der Waals surface area contributed by atoms with Gasteiger partial charge in [0.25, 0.3) is 0 Å². The fourth-order valence-corrected chi connectivity index (χ4v) is 4.39. The number of thioether (sulfide) groups is 1. The Kier molecular flexibility index (Phi) is 5.74. The van der Waals surface area contributed by atoms with Crippen molar-refractivity contribution in [1.29, 1.82) is 0 Å². The van der Waals surface area contributed by atoms with E-state index in [0.29, 0.717) is 16.1 Å². The third-order valence-electron chi connectivity index (χ3n) is 4.82. The highest BCUT2D eigenvalue weighted by molar-refractivity contribution is 7.99. The Morgan fingerprint density at radius 1 is 1.20 bits per heavy atom.